The van der Waals surface area contributed by atoms with Gasteiger partial charge in [0.15, 0.2) is 8.32 Å². The van der Waals surface area contributed by atoms with Crippen LogP contribution in [-0.4, -0.2) is 69.4 Å². The monoisotopic (exact) mass is 792 g/mol. The molecule has 0 heterocycles. The van der Waals surface area contributed by atoms with E-state index in [4.69, 9.17) is 28.1 Å². The Morgan fingerprint density at radius 3 is 1.75 bits per heavy atom. The number of carbonyl (C=O) groups is 2. The molecule has 0 saturated heterocycles. The molecule has 310 valence electrons. The minimum Gasteiger partial charge on any atom is -0.497 e. The van der Waals surface area contributed by atoms with Gasteiger partial charge in [-0.2, -0.15) is 0 Å². The van der Waals surface area contributed by atoms with E-state index in [9.17, 15) is 14.7 Å². The summed E-state index contributed by atoms with van der Waals surface area (Å²) in [5.41, 5.74) is 0.525. The Morgan fingerprint density at radius 1 is 0.714 bits per heavy atom. The first-order valence-corrected chi connectivity index (χ1v) is 22.8. The van der Waals surface area contributed by atoms with Crippen molar-refractivity contribution in [1.82, 2.24) is 0 Å². The van der Waals surface area contributed by atoms with Crippen molar-refractivity contribution in [2.24, 2.45) is 5.41 Å². The second-order valence-electron chi connectivity index (χ2n) is 17.6. The quantitative estimate of drug-likeness (QED) is 0.0700. The molecule has 0 bridgehead atoms. The molecular formula is C46H68O9Si. The highest BCUT2D eigenvalue weighted by atomic mass is 28.4. The van der Waals surface area contributed by atoms with Gasteiger partial charge < -0.3 is 33.2 Å². The van der Waals surface area contributed by atoms with Crippen molar-refractivity contribution in [2.75, 3.05) is 20.3 Å². The molecule has 0 radical (unpaired) electrons. The van der Waals surface area contributed by atoms with Crippen LogP contribution in [-0.2, 0) is 41.4 Å². The van der Waals surface area contributed by atoms with E-state index < -0.39 is 25.4 Å². The Labute approximate surface area is 337 Å². The Kier molecular flexibility index (Phi) is 18.3. The van der Waals surface area contributed by atoms with Gasteiger partial charge >= 0.3 is 5.97 Å². The molecular weight excluding hydrogens is 725 g/mol. The van der Waals surface area contributed by atoms with Crippen LogP contribution in [0.1, 0.15) is 98.1 Å². The predicted molar refractivity (Wildman–Crippen MR) is 224 cm³/mol. The maximum Gasteiger partial charge on any atom is 0.311 e. The number of hydrogen-bond acceptors (Lipinski definition) is 9. The van der Waals surface area contributed by atoms with E-state index in [1.54, 1.807) is 7.11 Å². The van der Waals surface area contributed by atoms with Crippen molar-refractivity contribution in [2.45, 2.75) is 142 Å². The second kappa shape index (κ2) is 21.8. The molecule has 1 N–H and O–H groups in total. The molecule has 10 heteroatoms. The van der Waals surface area contributed by atoms with Gasteiger partial charge in [-0.15, -0.1) is 0 Å². The molecule has 4 atom stereocenters. The average Bonchev–Trinajstić information content (AvgIpc) is 3.12. The van der Waals surface area contributed by atoms with Crippen molar-refractivity contribution in [3.63, 3.8) is 0 Å². The van der Waals surface area contributed by atoms with Gasteiger partial charge in [0.2, 0.25) is 0 Å². The van der Waals surface area contributed by atoms with Crippen LogP contribution < -0.4 is 9.47 Å². The molecule has 0 amide bonds. The lowest BCUT2D eigenvalue weighted by atomic mass is 9.89. The molecule has 3 rings (SSSR count). The molecule has 0 aliphatic carbocycles. The highest BCUT2D eigenvalue weighted by Crippen LogP contribution is 2.42. The Hall–Kier alpha value is -3.54. The molecule has 0 aliphatic rings. The van der Waals surface area contributed by atoms with Crippen molar-refractivity contribution in [3.05, 3.63) is 96.1 Å². The van der Waals surface area contributed by atoms with Crippen LogP contribution in [0.15, 0.2) is 84.9 Å². The lowest BCUT2D eigenvalue weighted by molar-refractivity contribution is -0.154. The highest BCUT2D eigenvalue weighted by Gasteiger charge is 2.45. The van der Waals surface area contributed by atoms with Gasteiger partial charge in [0.1, 0.15) is 17.3 Å². The number of rotatable bonds is 24. The fourth-order valence-electron chi connectivity index (χ4n) is 6.11. The van der Waals surface area contributed by atoms with Crippen LogP contribution >= 0.6 is 0 Å². The third-order valence-electron chi connectivity index (χ3n) is 10.2. The lowest BCUT2D eigenvalue weighted by Crippen LogP contribution is -2.51. The first-order chi connectivity index (χ1) is 26.3. The van der Waals surface area contributed by atoms with Gasteiger partial charge in [-0.25, -0.2) is 0 Å². The fourth-order valence-corrected chi connectivity index (χ4v) is 7.80. The molecule has 9 nitrogen and oxygen atoms in total. The SMILES string of the molecule is COc1ccc(OCC[C@@H](C[C@H](O)CC(=O)C[C@](C)(C[C@H](CCOC(=O)C(C)(C)C)OCc2ccccc2)O[Si](C)(C)C(C)(C)C)OCc2ccccc2)cc1. The van der Waals surface area contributed by atoms with E-state index in [-0.39, 0.29) is 54.9 Å². The molecule has 56 heavy (non-hydrogen) atoms. The Morgan fingerprint density at radius 2 is 1.23 bits per heavy atom. The summed E-state index contributed by atoms with van der Waals surface area (Å²) in [4.78, 5) is 26.6. The fraction of sp³-hybridized carbons (Fsp3) is 0.565. The summed E-state index contributed by atoms with van der Waals surface area (Å²) in [6.45, 7) is 19.7. The number of hydrogen-bond donors (Lipinski definition) is 1. The summed E-state index contributed by atoms with van der Waals surface area (Å²) in [6.07, 6.45) is 0.0635. The topological polar surface area (TPSA) is 110 Å². The van der Waals surface area contributed by atoms with Crippen molar-refractivity contribution in [1.29, 1.82) is 0 Å². The average molecular weight is 793 g/mol. The number of benzene rings is 3. The molecule has 0 aromatic heterocycles. The Balaban J connectivity index is 1.75. The lowest BCUT2D eigenvalue weighted by Gasteiger charge is -2.45. The molecule has 0 saturated carbocycles. The minimum absolute atomic E-state index is 0.0419. The van der Waals surface area contributed by atoms with Crippen LogP contribution in [0.5, 0.6) is 11.5 Å². The molecule has 3 aromatic carbocycles. The number of carbonyl (C=O) groups excluding carboxylic acids is 2. The van der Waals surface area contributed by atoms with E-state index in [1.165, 1.54) is 0 Å². The predicted octanol–water partition coefficient (Wildman–Crippen LogP) is 9.89. The van der Waals surface area contributed by atoms with E-state index in [0.29, 0.717) is 44.8 Å². The van der Waals surface area contributed by atoms with E-state index >= 15 is 0 Å². The zero-order chi connectivity index (χ0) is 41.4. The smallest absolute Gasteiger partial charge is 0.311 e. The number of aliphatic hydroxyl groups excluding tert-OH is 1. The zero-order valence-corrected chi connectivity index (χ0v) is 36.6. The van der Waals surface area contributed by atoms with E-state index in [2.05, 4.69) is 33.9 Å². The second-order valence-corrected chi connectivity index (χ2v) is 22.4. The third kappa shape index (κ3) is 16.9. The number of methoxy groups -OCH3 is 1. The summed E-state index contributed by atoms with van der Waals surface area (Å²) in [5, 5.41) is 11.3. The highest BCUT2D eigenvalue weighted by molar-refractivity contribution is 6.74. The van der Waals surface area contributed by atoms with Crippen LogP contribution in [0.3, 0.4) is 0 Å². The van der Waals surface area contributed by atoms with Crippen molar-refractivity contribution in [3.8, 4) is 11.5 Å². The standard InChI is InChI=1S/C46H68O9Si/c1-44(2,3)43(49)52-28-26-42(54-34-36-19-15-12-16-20-36)32-46(7,55-56(9,10)45(4,5)6)31-38(48)29-37(47)30-41(53-33-35-17-13-11-14-18-35)25-27-51-40-23-21-39(50-8)22-24-40/h11-24,37,41-42,47H,25-34H2,1-10H3/t37-,41+,42+,46-/m1/s1. The van der Waals surface area contributed by atoms with Crippen molar-refractivity contribution < 1.29 is 42.8 Å². The van der Waals surface area contributed by atoms with Gasteiger partial charge in [-0.1, -0.05) is 81.4 Å². The van der Waals surface area contributed by atoms with Crippen LogP contribution in [0.4, 0.5) is 0 Å². The van der Waals surface area contributed by atoms with Gasteiger partial charge in [0.25, 0.3) is 0 Å². The Bertz CT molecular complexity index is 1580. The van der Waals surface area contributed by atoms with Gasteiger partial charge in [0.05, 0.1) is 62.9 Å². The summed E-state index contributed by atoms with van der Waals surface area (Å²) in [5.74, 6) is 1.08. The van der Waals surface area contributed by atoms with Gasteiger partial charge in [-0.05, 0) is 81.2 Å². The number of Topliss-reactive ketones (excluding diaryl/α,β-unsaturated/α-hetero) is 1. The van der Waals surface area contributed by atoms with Gasteiger partial charge in [0, 0.05) is 38.5 Å². The molecule has 0 unspecified atom stereocenters. The van der Waals surface area contributed by atoms with E-state index in [1.807, 2.05) is 113 Å². The maximum atomic E-state index is 14.0. The molecule has 3 aromatic rings. The summed E-state index contributed by atoms with van der Waals surface area (Å²) >= 11 is 0. The molecule has 0 fully saturated rings. The maximum absolute atomic E-state index is 14.0. The van der Waals surface area contributed by atoms with Crippen LogP contribution in [0.25, 0.3) is 0 Å². The first kappa shape index (κ1) is 46.8. The summed E-state index contributed by atoms with van der Waals surface area (Å²) < 4.78 is 36.8. The minimum atomic E-state index is -2.39. The summed E-state index contributed by atoms with van der Waals surface area (Å²) in [6, 6.07) is 27.2. The molecule has 0 spiro atoms. The van der Waals surface area contributed by atoms with Gasteiger partial charge in [-0.3, -0.25) is 9.59 Å². The normalized spacial score (nSPS) is 15.0. The van der Waals surface area contributed by atoms with Crippen LogP contribution in [0.2, 0.25) is 18.1 Å². The third-order valence-corrected chi connectivity index (χ3v) is 14.9. The largest absolute Gasteiger partial charge is 0.497 e. The molecule has 0 aliphatic heterocycles. The first-order valence-electron chi connectivity index (χ1n) is 19.9. The number of ether oxygens (including phenoxy) is 5. The zero-order valence-electron chi connectivity index (χ0n) is 35.6. The van der Waals surface area contributed by atoms with E-state index in [0.717, 1.165) is 16.9 Å². The van der Waals surface area contributed by atoms with Crippen molar-refractivity contribution >= 4 is 20.1 Å². The number of aliphatic hydroxyl groups is 1. The number of esters is 1. The number of ketones is 1. The van der Waals surface area contributed by atoms with Crippen LogP contribution in [0, 0.1) is 5.41 Å². The summed E-state index contributed by atoms with van der Waals surface area (Å²) in [7, 11) is -0.767.